The molecule has 3 aromatic carbocycles. The quantitative estimate of drug-likeness (QED) is 0.141. The van der Waals surface area contributed by atoms with Gasteiger partial charge in [0.25, 0.3) is 0 Å². The highest BCUT2D eigenvalue weighted by Crippen LogP contribution is 2.65. The topological polar surface area (TPSA) is 160 Å². The van der Waals surface area contributed by atoms with Crippen LogP contribution in [0.3, 0.4) is 0 Å². The lowest BCUT2D eigenvalue weighted by Crippen LogP contribution is -2.63. The number of benzene rings is 3. The molecule has 12 nitrogen and oxygen atoms in total. The number of ether oxygens (including phenoxy) is 5. The van der Waals surface area contributed by atoms with E-state index in [2.05, 4.69) is 41.5 Å². The van der Waals surface area contributed by atoms with Gasteiger partial charge in [0.2, 0.25) is 17.2 Å². The molecule has 3 aromatic rings. The van der Waals surface area contributed by atoms with Gasteiger partial charge in [-0.15, -0.1) is 0 Å². The Morgan fingerprint density at radius 2 is 1.58 bits per heavy atom. The third-order valence-corrected chi connectivity index (χ3v) is 17.3. The minimum atomic E-state index is -3.55. The first-order chi connectivity index (χ1) is 25.9. The van der Waals surface area contributed by atoms with Crippen molar-refractivity contribution in [1.29, 1.82) is 0 Å². The Kier molecular flexibility index (Phi) is 8.79. The average Bonchev–Trinajstić information content (AvgIpc) is 3.81. The third-order valence-electron chi connectivity index (χ3n) is 12.4. The number of aliphatic hydroxyl groups excluding tert-OH is 2. The second-order valence-corrected chi connectivity index (χ2v) is 22.4. The summed E-state index contributed by atoms with van der Waals surface area (Å²) in [6, 6.07) is 9.41. The minimum Gasteiger partial charge on any atom is -0.510 e. The number of hydrogen-bond donors (Lipinski definition) is 2. The number of ketones is 2. The second kappa shape index (κ2) is 12.7. The van der Waals surface area contributed by atoms with Crippen molar-refractivity contribution in [2.24, 2.45) is 11.8 Å². The maximum atomic E-state index is 14.6. The second-order valence-electron chi connectivity index (χ2n) is 17.8. The van der Waals surface area contributed by atoms with Crippen molar-refractivity contribution in [2.45, 2.75) is 108 Å². The van der Waals surface area contributed by atoms with Gasteiger partial charge in [0.15, 0.2) is 18.2 Å². The molecule has 3 saturated heterocycles. The summed E-state index contributed by atoms with van der Waals surface area (Å²) in [4.78, 5) is 42.1. The van der Waals surface area contributed by atoms with Gasteiger partial charge in [-0.05, 0) is 42.7 Å². The Morgan fingerprint density at radius 1 is 0.964 bits per heavy atom. The molecule has 2 bridgehead atoms. The van der Waals surface area contributed by atoms with Gasteiger partial charge in [-0.3, -0.25) is 14.4 Å². The Hall–Kier alpha value is -3.69. The van der Waals surface area contributed by atoms with Crippen molar-refractivity contribution >= 4 is 37.2 Å². The number of hydrogen-bond acceptors (Lipinski definition) is 12. The van der Waals surface area contributed by atoms with Crippen LogP contribution >= 0.6 is 0 Å². The first kappa shape index (κ1) is 38.2. The smallest absolute Gasteiger partial charge is 0.471 e. The summed E-state index contributed by atoms with van der Waals surface area (Å²) in [6.45, 7) is 15.4. The molecule has 0 radical (unpaired) electrons. The lowest BCUT2D eigenvalue weighted by Gasteiger charge is -2.51. The van der Waals surface area contributed by atoms with Crippen LogP contribution < -0.4 is 13.6 Å². The highest BCUT2D eigenvalue weighted by Gasteiger charge is 2.83. The lowest BCUT2D eigenvalue weighted by atomic mass is 9.76. The zero-order valence-electron chi connectivity index (χ0n) is 32.9. The zero-order chi connectivity index (χ0) is 39.6. The molecule has 4 heterocycles. The van der Waals surface area contributed by atoms with Gasteiger partial charge in [-0.1, -0.05) is 60.6 Å². The number of aldehydes is 1. The van der Waals surface area contributed by atoms with E-state index in [4.69, 9.17) is 32.5 Å². The van der Waals surface area contributed by atoms with Gasteiger partial charge in [0.05, 0.1) is 56.5 Å². The average molecular weight is 775 g/mol. The number of carbonyl (C=O) groups excluding carboxylic acids is 3. The normalized spacial score (nSPS) is 29.1. The van der Waals surface area contributed by atoms with Crippen molar-refractivity contribution in [3.63, 3.8) is 0 Å². The van der Waals surface area contributed by atoms with E-state index < -0.39 is 73.4 Å². The van der Waals surface area contributed by atoms with E-state index in [1.165, 1.54) is 0 Å². The van der Waals surface area contributed by atoms with Crippen LogP contribution in [-0.2, 0) is 30.3 Å². The number of epoxide rings is 1. The van der Waals surface area contributed by atoms with Crippen LogP contribution in [-0.4, -0.2) is 81.0 Å². The summed E-state index contributed by atoms with van der Waals surface area (Å²) in [5.74, 6) is -2.19. The monoisotopic (exact) mass is 774 g/mol. The molecule has 1 spiro atoms. The highest BCUT2D eigenvalue weighted by molar-refractivity contribution is 6.75. The molecule has 0 amide bonds. The molecule has 3 fully saturated rings. The van der Waals surface area contributed by atoms with Gasteiger partial charge in [-0.2, -0.15) is 0 Å². The van der Waals surface area contributed by atoms with Crippen molar-refractivity contribution in [3.8, 4) is 17.2 Å². The molecule has 0 saturated carbocycles. The van der Waals surface area contributed by atoms with Gasteiger partial charge >= 0.3 is 8.56 Å². The first-order valence-electron chi connectivity index (χ1n) is 19.0. The molecule has 2 N–H and O–H groups in total. The van der Waals surface area contributed by atoms with Gasteiger partial charge in [0, 0.05) is 38.1 Å². The number of aliphatic hydroxyl groups is 2. The zero-order valence-corrected chi connectivity index (χ0v) is 33.9. The number of rotatable bonds is 9. The number of fused-ring (bicyclic) bond motifs is 5. The van der Waals surface area contributed by atoms with E-state index in [0.29, 0.717) is 56.5 Å². The largest absolute Gasteiger partial charge is 0.510 e. The molecule has 5 aliphatic rings. The fourth-order valence-electron chi connectivity index (χ4n) is 9.70. The Morgan fingerprint density at radius 3 is 2.15 bits per heavy atom. The highest BCUT2D eigenvalue weighted by atomic mass is 28.4. The van der Waals surface area contributed by atoms with Crippen molar-refractivity contribution < 1.29 is 57.1 Å². The van der Waals surface area contributed by atoms with E-state index >= 15 is 0 Å². The summed E-state index contributed by atoms with van der Waals surface area (Å²) in [7, 11) is -1.94. The van der Waals surface area contributed by atoms with Crippen molar-refractivity contribution in [3.05, 3.63) is 63.7 Å². The summed E-state index contributed by atoms with van der Waals surface area (Å²) in [6.07, 6.45) is -1.62. The first-order valence-corrected chi connectivity index (χ1v) is 20.8. The third kappa shape index (κ3) is 5.13. The van der Waals surface area contributed by atoms with E-state index in [-0.39, 0.29) is 24.8 Å². The Bertz CT molecular complexity index is 2090. The van der Waals surface area contributed by atoms with E-state index in [1.54, 1.807) is 7.11 Å². The molecule has 4 aliphatic heterocycles. The summed E-state index contributed by atoms with van der Waals surface area (Å²) < 4.78 is 45.5. The van der Waals surface area contributed by atoms with Crippen LogP contribution in [0.2, 0.25) is 10.1 Å². The predicted octanol–water partition coefficient (Wildman–Crippen LogP) is 6.37. The van der Waals surface area contributed by atoms with Crippen molar-refractivity contribution in [2.75, 3.05) is 26.9 Å². The SMILES string of the molecule is COc1ccc(CO[C@H]2C[C@H](C)C(=O)c3c2c(C=O)c2cc(C)c(C4OC5(C(CO)CO)OC4C(=O)C54CO4)c4c2c3O[Si](C(C)(C)C)(C(C)(C)C)O4)cc1. The lowest BCUT2D eigenvalue weighted by molar-refractivity contribution is -0.239. The molecular weight excluding hydrogens is 725 g/mol. The molecule has 8 rings (SSSR count). The standard InChI is InChI=1S/C42H50O12Si/c1-21-14-26-27(18-45)30-28(49-19-23-10-12-25(48-9)13-11-23)15-22(2)33(46)32(30)35-31(26)34(53-55(54-35,39(3,4)5)40(6,7)8)29(21)36-37-38(47)41(20-50-41)42(51-36,52-37)24(16-43)17-44/h10-14,18,22,24,28,36-37,43-44H,15-17,19-20H2,1-9H3/t22-,28-,36?,37?,41?,42?/m0/s1. The maximum Gasteiger partial charge on any atom is 0.471 e. The fraction of sp³-hybridized carbons (Fsp3) is 0.548. The molecule has 4 unspecified atom stereocenters. The Balaban J connectivity index is 1.38. The molecule has 6 atom stereocenters. The molecule has 294 valence electrons. The van der Waals surface area contributed by atoms with Crippen LogP contribution in [0.15, 0.2) is 30.3 Å². The van der Waals surface area contributed by atoms with Crippen LogP contribution in [0.4, 0.5) is 0 Å². The van der Waals surface area contributed by atoms with Gasteiger partial charge < -0.3 is 42.7 Å². The fourth-order valence-corrected chi connectivity index (χ4v) is 14.2. The van der Waals surface area contributed by atoms with Gasteiger partial charge in [0.1, 0.15) is 23.4 Å². The van der Waals surface area contributed by atoms with Gasteiger partial charge in [-0.25, -0.2) is 0 Å². The maximum absolute atomic E-state index is 14.6. The number of Topliss-reactive ketones (excluding diaryl/α,β-unsaturated/α-hetero) is 2. The minimum absolute atomic E-state index is 0.0461. The summed E-state index contributed by atoms with van der Waals surface area (Å²) in [5.41, 5.74) is 1.77. The molecule has 0 aromatic heterocycles. The summed E-state index contributed by atoms with van der Waals surface area (Å²) >= 11 is 0. The molecule has 1 aliphatic carbocycles. The number of carbonyl (C=O) groups is 3. The Labute approximate surface area is 321 Å². The van der Waals surface area contributed by atoms with Crippen LogP contribution in [0.5, 0.6) is 17.2 Å². The van der Waals surface area contributed by atoms with Crippen LogP contribution in [0.25, 0.3) is 10.8 Å². The number of methoxy groups -OCH3 is 1. The van der Waals surface area contributed by atoms with Crippen LogP contribution in [0, 0.1) is 18.8 Å². The molecule has 13 heteroatoms. The predicted molar refractivity (Wildman–Crippen MR) is 202 cm³/mol. The van der Waals surface area contributed by atoms with E-state index in [0.717, 1.165) is 17.6 Å². The molecule has 55 heavy (non-hydrogen) atoms. The van der Waals surface area contributed by atoms with E-state index in [9.17, 15) is 24.6 Å². The molecular formula is C42H50O12Si. The van der Waals surface area contributed by atoms with E-state index in [1.807, 2.05) is 44.2 Å². The summed E-state index contributed by atoms with van der Waals surface area (Å²) in [5, 5.41) is 20.5. The van der Waals surface area contributed by atoms with Crippen molar-refractivity contribution in [1.82, 2.24) is 0 Å². The van der Waals surface area contributed by atoms with Crippen LogP contribution in [0.1, 0.15) is 110 Å². The number of aryl methyl sites for hydroxylation is 1.